The van der Waals surface area contributed by atoms with Crippen molar-refractivity contribution >= 4 is 5.78 Å². The molecular weight excluding hydrogens is 312 g/mol. The molecular formula is C22H34O3. The molecule has 0 radical (unpaired) electrons. The number of carbonyl (C=O) groups is 1. The summed E-state index contributed by atoms with van der Waals surface area (Å²) in [6.07, 6.45) is 14.2. The second-order valence-corrected chi connectivity index (χ2v) is 6.63. The summed E-state index contributed by atoms with van der Waals surface area (Å²) in [6, 6.07) is 7.17. The molecule has 0 aliphatic heterocycles. The molecule has 0 spiro atoms. The Kier molecular flexibility index (Phi) is 11.7. The van der Waals surface area contributed by atoms with Crippen molar-refractivity contribution < 1.29 is 14.6 Å². The summed E-state index contributed by atoms with van der Waals surface area (Å²) in [4.78, 5) is 11.9. The molecule has 0 bridgehead atoms. The van der Waals surface area contributed by atoms with Crippen LogP contribution in [-0.4, -0.2) is 18.0 Å². The van der Waals surface area contributed by atoms with Gasteiger partial charge in [0, 0.05) is 6.42 Å². The molecule has 0 aliphatic carbocycles. The molecule has 0 saturated heterocycles. The van der Waals surface area contributed by atoms with Crippen LogP contribution < -0.4 is 4.74 Å². The van der Waals surface area contributed by atoms with Gasteiger partial charge in [-0.25, -0.2) is 0 Å². The van der Waals surface area contributed by atoms with Crippen molar-refractivity contribution in [1.82, 2.24) is 0 Å². The fourth-order valence-electron chi connectivity index (χ4n) is 2.81. The summed E-state index contributed by atoms with van der Waals surface area (Å²) >= 11 is 0. The van der Waals surface area contributed by atoms with Crippen LogP contribution in [0, 0.1) is 0 Å². The SMILES string of the molecule is CCCCCCCCCCC=CC(=O)CC(O)c1ccc(OC)cc1. The number of hydrogen-bond acceptors (Lipinski definition) is 3. The van der Waals surface area contributed by atoms with Crippen molar-refractivity contribution in [3.05, 3.63) is 42.0 Å². The minimum Gasteiger partial charge on any atom is -0.497 e. The maximum Gasteiger partial charge on any atom is 0.158 e. The number of ketones is 1. The first-order chi connectivity index (χ1) is 12.2. The number of aliphatic hydroxyl groups excluding tert-OH is 1. The number of unbranched alkanes of at least 4 members (excludes halogenated alkanes) is 8. The van der Waals surface area contributed by atoms with Crippen molar-refractivity contribution in [3.8, 4) is 5.75 Å². The van der Waals surface area contributed by atoms with Crippen molar-refractivity contribution in [1.29, 1.82) is 0 Å². The predicted octanol–water partition coefficient (Wildman–Crippen LogP) is 5.77. The van der Waals surface area contributed by atoms with Crippen LogP contribution in [0.25, 0.3) is 0 Å². The second-order valence-electron chi connectivity index (χ2n) is 6.63. The average Bonchev–Trinajstić information content (AvgIpc) is 2.63. The quantitative estimate of drug-likeness (QED) is 0.343. The molecule has 0 saturated carbocycles. The summed E-state index contributed by atoms with van der Waals surface area (Å²) in [7, 11) is 1.60. The van der Waals surface area contributed by atoms with Crippen LogP contribution in [0.1, 0.15) is 82.8 Å². The van der Waals surface area contributed by atoms with E-state index in [9.17, 15) is 9.90 Å². The molecule has 3 nitrogen and oxygen atoms in total. The topological polar surface area (TPSA) is 46.5 Å². The first kappa shape index (κ1) is 21.4. The number of ether oxygens (including phenoxy) is 1. The third-order valence-electron chi connectivity index (χ3n) is 4.42. The van der Waals surface area contributed by atoms with E-state index in [4.69, 9.17) is 4.74 Å². The zero-order valence-electron chi connectivity index (χ0n) is 15.9. The fraction of sp³-hybridized carbons (Fsp3) is 0.591. The average molecular weight is 347 g/mol. The summed E-state index contributed by atoms with van der Waals surface area (Å²) in [5, 5.41) is 10.1. The van der Waals surface area contributed by atoms with Gasteiger partial charge in [-0.1, -0.05) is 70.1 Å². The number of methoxy groups -OCH3 is 1. The Labute approximate surface area is 153 Å². The molecule has 1 aromatic carbocycles. The number of rotatable bonds is 14. The molecule has 0 aliphatic rings. The highest BCUT2D eigenvalue weighted by atomic mass is 16.5. The van der Waals surface area contributed by atoms with Gasteiger partial charge in [-0.2, -0.15) is 0 Å². The Balaban J connectivity index is 2.13. The molecule has 0 amide bonds. The number of hydrogen-bond donors (Lipinski definition) is 1. The van der Waals surface area contributed by atoms with E-state index < -0.39 is 6.10 Å². The molecule has 1 aromatic rings. The Morgan fingerprint density at radius 2 is 1.64 bits per heavy atom. The van der Waals surface area contributed by atoms with Crippen molar-refractivity contribution in [2.45, 2.75) is 77.2 Å². The maximum atomic E-state index is 11.9. The van der Waals surface area contributed by atoms with Crippen LogP contribution in [-0.2, 0) is 4.79 Å². The standard InChI is InChI=1S/C22H34O3/c1-3-4-5-6-7-8-9-10-11-12-13-20(23)18-22(24)19-14-16-21(25-2)17-15-19/h12-17,22,24H,3-11,18H2,1-2H3. The normalized spacial score (nSPS) is 12.4. The van der Waals surface area contributed by atoms with Gasteiger partial charge in [-0.05, 0) is 36.6 Å². The minimum atomic E-state index is -0.758. The molecule has 140 valence electrons. The molecule has 1 unspecified atom stereocenters. The van der Waals surface area contributed by atoms with Crippen LogP contribution in [0.3, 0.4) is 0 Å². The van der Waals surface area contributed by atoms with Gasteiger partial charge in [0.05, 0.1) is 13.2 Å². The monoisotopic (exact) mass is 346 g/mol. The molecule has 3 heteroatoms. The van der Waals surface area contributed by atoms with Gasteiger partial charge >= 0.3 is 0 Å². The van der Waals surface area contributed by atoms with E-state index in [1.54, 1.807) is 37.5 Å². The molecule has 0 heterocycles. The first-order valence-corrected chi connectivity index (χ1v) is 9.68. The summed E-state index contributed by atoms with van der Waals surface area (Å²) in [5.41, 5.74) is 0.741. The maximum absolute atomic E-state index is 11.9. The van der Waals surface area contributed by atoms with Gasteiger partial charge < -0.3 is 9.84 Å². The largest absolute Gasteiger partial charge is 0.497 e. The molecule has 0 fully saturated rings. The van der Waals surface area contributed by atoms with Gasteiger partial charge in [0.25, 0.3) is 0 Å². The summed E-state index contributed by atoms with van der Waals surface area (Å²) < 4.78 is 5.09. The van der Waals surface area contributed by atoms with Crippen molar-refractivity contribution in [3.63, 3.8) is 0 Å². The van der Waals surface area contributed by atoms with Crippen LogP contribution in [0.15, 0.2) is 36.4 Å². The second kappa shape index (κ2) is 13.7. The number of aliphatic hydroxyl groups is 1. The first-order valence-electron chi connectivity index (χ1n) is 9.68. The van der Waals surface area contributed by atoms with Gasteiger partial charge in [-0.3, -0.25) is 4.79 Å². The van der Waals surface area contributed by atoms with E-state index in [1.165, 1.54) is 44.9 Å². The zero-order chi connectivity index (χ0) is 18.3. The van der Waals surface area contributed by atoms with Gasteiger partial charge in [0.15, 0.2) is 5.78 Å². The van der Waals surface area contributed by atoms with Gasteiger partial charge in [-0.15, -0.1) is 0 Å². The molecule has 25 heavy (non-hydrogen) atoms. The number of allylic oxidation sites excluding steroid dienone is 2. The Hall–Kier alpha value is -1.61. The number of benzene rings is 1. The van der Waals surface area contributed by atoms with Crippen molar-refractivity contribution in [2.75, 3.05) is 7.11 Å². The Bertz CT molecular complexity index is 490. The smallest absolute Gasteiger partial charge is 0.158 e. The van der Waals surface area contributed by atoms with E-state index >= 15 is 0 Å². The lowest BCUT2D eigenvalue weighted by Gasteiger charge is -2.09. The Morgan fingerprint density at radius 1 is 1.04 bits per heavy atom. The van der Waals surface area contributed by atoms with Crippen molar-refractivity contribution in [2.24, 2.45) is 0 Å². The van der Waals surface area contributed by atoms with Gasteiger partial charge in [0.1, 0.15) is 5.75 Å². The van der Waals surface area contributed by atoms with Gasteiger partial charge in [0.2, 0.25) is 0 Å². The molecule has 0 aromatic heterocycles. The summed E-state index contributed by atoms with van der Waals surface area (Å²) in [5.74, 6) is 0.718. The molecule has 1 atom stereocenters. The van der Waals surface area contributed by atoms with E-state index in [2.05, 4.69) is 6.92 Å². The van der Waals surface area contributed by atoms with E-state index in [1.807, 2.05) is 6.08 Å². The predicted molar refractivity (Wildman–Crippen MR) is 104 cm³/mol. The Morgan fingerprint density at radius 3 is 2.24 bits per heavy atom. The molecule has 1 rings (SSSR count). The highest BCUT2D eigenvalue weighted by molar-refractivity contribution is 5.90. The van der Waals surface area contributed by atoms with Crippen LogP contribution in [0.2, 0.25) is 0 Å². The third kappa shape index (κ3) is 10.1. The van der Waals surface area contributed by atoms with Crippen LogP contribution in [0.5, 0.6) is 5.75 Å². The third-order valence-corrected chi connectivity index (χ3v) is 4.42. The number of carbonyl (C=O) groups excluding carboxylic acids is 1. The fourth-order valence-corrected chi connectivity index (χ4v) is 2.81. The lowest BCUT2D eigenvalue weighted by atomic mass is 10.0. The summed E-state index contributed by atoms with van der Waals surface area (Å²) in [6.45, 7) is 2.24. The van der Waals surface area contributed by atoms with Crippen LogP contribution in [0.4, 0.5) is 0 Å². The lowest BCUT2D eigenvalue weighted by molar-refractivity contribution is -0.116. The highest BCUT2D eigenvalue weighted by Gasteiger charge is 2.11. The van der Waals surface area contributed by atoms with E-state index in [0.29, 0.717) is 0 Å². The minimum absolute atomic E-state index is 0.0251. The van der Waals surface area contributed by atoms with E-state index in [-0.39, 0.29) is 12.2 Å². The molecule has 1 N–H and O–H groups in total. The van der Waals surface area contributed by atoms with E-state index in [0.717, 1.165) is 24.2 Å². The lowest BCUT2D eigenvalue weighted by Crippen LogP contribution is -2.04. The zero-order valence-corrected chi connectivity index (χ0v) is 15.9. The van der Waals surface area contributed by atoms with Crippen LogP contribution >= 0.6 is 0 Å². The highest BCUT2D eigenvalue weighted by Crippen LogP contribution is 2.20.